The second-order valence-corrected chi connectivity index (χ2v) is 3.58. The number of rotatable bonds is 2. The van der Waals surface area contributed by atoms with E-state index >= 15 is 0 Å². The number of amides is 1. The third-order valence-corrected chi connectivity index (χ3v) is 2.50. The standard InChI is InChI=1S/C10H9FN2O4.ClH/c11-8-2-1-6(13(15)16)5-7(8)9-3-4-17-10(14)12-9;/h1-2,5,9H,3-4H2,(H,12,14);1H/t9-;/m1./s1. The van der Waals surface area contributed by atoms with E-state index in [-0.39, 0.29) is 30.3 Å². The highest BCUT2D eigenvalue weighted by Gasteiger charge is 2.25. The SMILES string of the molecule is Cl.O=C1N[C@@H](c2cc([N+](=O)[O-])ccc2F)CCO1. The summed E-state index contributed by atoms with van der Waals surface area (Å²) in [6.45, 7) is 0.165. The van der Waals surface area contributed by atoms with Gasteiger partial charge in [-0.2, -0.15) is 0 Å². The topological polar surface area (TPSA) is 81.5 Å². The molecule has 1 saturated heterocycles. The molecule has 1 amide bonds. The van der Waals surface area contributed by atoms with Crippen LogP contribution in [0.25, 0.3) is 0 Å². The first-order chi connectivity index (χ1) is 8.08. The fourth-order valence-electron chi connectivity index (χ4n) is 1.67. The predicted octanol–water partition coefficient (Wildman–Crippen LogP) is 2.33. The lowest BCUT2D eigenvalue weighted by atomic mass is 10.0. The quantitative estimate of drug-likeness (QED) is 0.664. The van der Waals surface area contributed by atoms with Crippen molar-refractivity contribution in [2.75, 3.05) is 6.61 Å². The first-order valence-electron chi connectivity index (χ1n) is 4.95. The van der Waals surface area contributed by atoms with E-state index in [2.05, 4.69) is 10.1 Å². The highest BCUT2D eigenvalue weighted by Crippen LogP contribution is 2.26. The van der Waals surface area contributed by atoms with E-state index < -0.39 is 22.9 Å². The van der Waals surface area contributed by atoms with Crippen LogP contribution < -0.4 is 5.32 Å². The lowest BCUT2D eigenvalue weighted by Gasteiger charge is -2.23. The Morgan fingerprint density at radius 3 is 2.83 bits per heavy atom. The highest BCUT2D eigenvalue weighted by atomic mass is 35.5. The molecule has 1 fully saturated rings. The van der Waals surface area contributed by atoms with Gasteiger partial charge in [0.25, 0.3) is 5.69 Å². The van der Waals surface area contributed by atoms with Crippen LogP contribution in [0.1, 0.15) is 18.0 Å². The van der Waals surface area contributed by atoms with Crippen molar-refractivity contribution in [1.29, 1.82) is 0 Å². The largest absolute Gasteiger partial charge is 0.449 e. The van der Waals surface area contributed by atoms with Crippen molar-refractivity contribution >= 4 is 24.2 Å². The number of benzene rings is 1. The third kappa shape index (κ3) is 2.86. The molecule has 1 atom stereocenters. The number of halogens is 2. The van der Waals surface area contributed by atoms with Gasteiger partial charge in [-0.25, -0.2) is 9.18 Å². The number of carbonyl (C=O) groups excluding carboxylic acids is 1. The lowest BCUT2D eigenvalue weighted by molar-refractivity contribution is -0.385. The molecule has 0 unspecified atom stereocenters. The number of nitrogens with one attached hydrogen (secondary N) is 1. The summed E-state index contributed by atoms with van der Waals surface area (Å²) < 4.78 is 18.2. The average molecular weight is 277 g/mol. The predicted molar refractivity (Wildman–Crippen MR) is 62.1 cm³/mol. The van der Waals surface area contributed by atoms with Gasteiger partial charge >= 0.3 is 6.09 Å². The molecule has 0 saturated carbocycles. The molecule has 0 aliphatic carbocycles. The third-order valence-electron chi connectivity index (χ3n) is 2.50. The van der Waals surface area contributed by atoms with Crippen molar-refractivity contribution in [2.24, 2.45) is 0 Å². The summed E-state index contributed by atoms with van der Waals surface area (Å²) in [5.74, 6) is -0.581. The Kier molecular flexibility index (Phi) is 4.43. The van der Waals surface area contributed by atoms with Crippen molar-refractivity contribution in [2.45, 2.75) is 12.5 Å². The number of nitrogens with zero attached hydrogens (tertiary/aromatic N) is 1. The molecule has 1 aliphatic rings. The summed E-state index contributed by atoms with van der Waals surface area (Å²) in [4.78, 5) is 21.0. The van der Waals surface area contributed by atoms with E-state index in [1.807, 2.05) is 0 Å². The molecule has 1 aromatic carbocycles. The maximum absolute atomic E-state index is 13.5. The Labute approximate surface area is 108 Å². The van der Waals surface area contributed by atoms with Crippen LogP contribution >= 0.6 is 12.4 Å². The van der Waals surface area contributed by atoms with Crippen LogP contribution in [0.15, 0.2) is 18.2 Å². The number of carbonyl (C=O) groups is 1. The van der Waals surface area contributed by atoms with Crippen molar-refractivity contribution in [3.05, 3.63) is 39.7 Å². The zero-order valence-corrected chi connectivity index (χ0v) is 9.91. The number of alkyl carbamates (subject to hydrolysis) is 1. The minimum Gasteiger partial charge on any atom is -0.449 e. The maximum atomic E-state index is 13.5. The van der Waals surface area contributed by atoms with Gasteiger partial charge in [0, 0.05) is 24.1 Å². The second kappa shape index (κ2) is 5.63. The fraction of sp³-hybridized carbons (Fsp3) is 0.300. The van der Waals surface area contributed by atoms with E-state index in [9.17, 15) is 19.3 Å². The number of nitro benzene ring substituents is 1. The summed E-state index contributed by atoms with van der Waals surface area (Å²) in [5.41, 5.74) is -0.0991. The zero-order valence-electron chi connectivity index (χ0n) is 9.09. The first kappa shape index (κ1) is 14.2. The molecule has 1 N–H and O–H groups in total. The van der Waals surface area contributed by atoms with Crippen LogP contribution in [-0.4, -0.2) is 17.6 Å². The molecule has 1 heterocycles. The van der Waals surface area contributed by atoms with Crippen LogP contribution in [0.3, 0.4) is 0 Å². The summed E-state index contributed by atoms with van der Waals surface area (Å²) in [7, 11) is 0. The first-order valence-corrected chi connectivity index (χ1v) is 4.95. The lowest BCUT2D eigenvalue weighted by Crippen LogP contribution is -2.35. The molecular weight excluding hydrogens is 267 g/mol. The molecule has 8 heteroatoms. The molecule has 0 bridgehead atoms. The monoisotopic (exact) mass is 276 g/mol. The Morgan fingerprint density at radius 2 is 2.22 bits per heavy atom. The smallest absolute Gasteiger partial charge is 0.407 e. The van der Waals surface area contributed by atoms with Gasteiger partial charge in [-0.3, -0.25) is 10.1 Å². The zero-order chi connectivity index (χ0) is 12.4. The van der Waals surface area contributed by atoms with Crippen molar-refractivity contribution in [3.8, 4) is 0 Å². The Bertz CT molecular complexity index is 483. The van der Waals surface area contributed by atoms with E-state index in [4.69, 9.17) is 0 Å². The molecule has 0 spiro atoms. The molecule has 1 aromatic rings. The maximum Gasteiger partial charge on any atom is 0.407 e. The van der Waals surface area contributed by atoms with Gasteiger partial charge < -0.3 is 10.1 Å². The average Bonchev–Trinajstić information content (AvgIpc) is 2.29. The number of cyclic esters (lactones) is 1. The van der Waals surface area contributed by atoms with Crippen LogP contribution in [0.4, 0.5) is 14.9 Å². The van der Waals surface area contributed by atoms with Crippen LogP contribution in [-0.2, 0) is 4.74 Å². The van der Waals surface area contributed by atoms with Crippen molar-refractivity contribution in [1.82, 2.24) is 5.32 Å². The van der Waals surface area contributed by atoms with Crippen molar-refractivity contribution in [3.63, 3.8) is 0 Å². The van der Waals surface area contributed by atoms with E-state index in [0.717, 1.165) is 18.2 Å². The Balaban J connectivity index is 0.00000162. The molecule has 0 radical (unpaired) electrons. The molecule has 18 heavy (non-hydrogen) atoms. The van der Waals surface area contributed by atoms with E-state index in [1.165, 1.54) is 0 Å². The van der Waals surface area contributed by atoms with E-state index in [0.29, 0.717) is 6.42 Å². The molecule has 2 rings (SSSR count). The summed E-state index contributed by atoms with van der Waals surface area (Å²) in [6, 6.07) is 2.65. The Morgan fingerprint density at radius 1 is 1.50 bits per heavy atom. The number of nitro groups is 1. The van der Waals surface area contributed by atoms with Gasteiger partial charge in [0.15, 0.2) is 0 Å². The fourth-order valence-corrected chi connectivity index (χ4v) is 1.67. The molecule has 0 aromatic heterocycles. The van der Waals surface area contributed by atoms with Gasteiger partial charge in [-0.15, -0.1) is 12.4 Å². The normalized spacial score (nSPS) is 18.3. The number of ether oxygens (including phenoxy) is 1. The van der Waals surface area contributed by atoms with Gasteiger partial charge in [-0.05, 0) is 6.07 Å². The summed E-state index contributed by atoms with van der Waals surface area (Å²) >= 11 is 0. The minimum absolute atomic E-state index is 0. The highest BCUT2D eigenvalue weighted by molar-refractivity contribution is 5.85. The molecular formula is C10H10ClFN2O4. The Hall–Kier alpha value is -1.89. The second-order valence-electron chi connectivity index (χ2n) is 3.58. The number of hydrogen-bond acceptors (Lipinski definition) is 4. The molecule has 1 aliphatic heterocycles. The summed E-state index contributed by atoms with van der Waals surface area (Å²) in [5, 5.41) is 13.0. The number of hydrogen-bond donors (Lipinski definition) is 1. The van der Waals surface area contributed by atoms with Crippen LogP contribution in [0.2, 0.25) is 0 Å². The minimum atomic E-state index is -0.646. The van der Waals surface area contributed by atoms with Gasteiger partial charge in [0.1, 0.15) is 5.82 Å². The van der Waals surface area contributed by atoms with Crippen LogP contribution in [0.5, 0.6) is 0 Å². The number of non-ortho nitro benzene ring substituents is 1. The molecule has 98 valence electrons. The van der Waals surface area contributed by atoms with Gasteiger partial charge in [-0.1, -0.05) is 0 Å². The van der Waals surface area contributed by atoms with Crippen molar-refractivity contribution < 1.29 is 18.8 Å². The molecule has 6 nitrogen and oxygen atoms in total. The summed E-state index contributed by atoms with van der Waals surface area (Å²) in [6.07, 6.45) is -0.267. The van der Waals surface area contributed by atoms with Gasteiger partial charge in [0.2, 0.25) is 0 Å². The van der Waals surface area contributed by atoms with E-state index in [1.54, 1.807) is 0 Å². The van der Waals surface area contributed by atoms with Gasteiger partial charge in [0.05, 0.1) is 17.6 Å². The van der Waals surface area contributed by atoms with Crippen LogP contribution in [0, 0.1) is 15.9 Å².